The molecule has 0 unspecified atom stereocenters. The predicted molar refractivity (Wildman–Crippen MR) is 240 cm³/mol. The Morgan fingerprint density at radius 3 is 0.636 bits per heavy atom. The van der Waals surface area contributed by atoms with Gasteiger partial charge in [0.1, 0.15) is 73.2 Å². The van der Waals surface area contributed by atoms with E-state index in [4.69, 9.17) is 56.2 Å². The quantitative estimate of drug-likeness (QED) is 0.0211. The van der Waals surface area contributed by atoms with E-state index in [2.05, 4.69) is 22.6 Å². The zero-order chi connectivity index (χ0) is 59.2. The van der Waals surface area contributed by atoms with Gasteiger partial charge in [-0.05, 0) is 13.8 Å². The monoisotopic (exact) mass is 1300 g/mol. The summed E-state index contributed by atoms with van der Waals surface area (Å²) in [4.78, 5) is 157. The minimum atomic E-state index is -6.13. The van der Waals surface area contributed by atoms with Crippen LogP contribution in [0.1, 0.15) is 13.8 Å². The molecule has 41 nitrogen and oxygen atoms in total. The molecule has 2 rings (SSSR count). The van der Waals surface area contributed by atoms with E-state index < -0.39 is 188 Å². The Labute approximate surface area is 435 Å². The second-order valence-electron chi connectivity index (χ2n) is 15.7. The molecular formula is C28H62O41P8. The molecule has 0 aromatic heterocycles. The highest BCUT2D eigenvalue weighted by atomic mass is 31.2. The Morgan fingerprint density at radius 1 is 0.286 bits per heavy atom. The van der Waals surface area contributed by atoms with Crippen molar-refractivity contribution < 1.29 is 194 Å². The maximum atomic E-state index is 12.5. The van der Waals surface area contributed by atoms with E-state index in [1.54, 1.807) is 13.8 Å². The van der Waals surface area contributed by atoms with E-state index in [0.717, 1.165) is 0 Å². The first-order chi connectivity index (χ1) is 34.9. The molecular weight excluding hydrogens is 1240 g/mol. The van der Waals surface area contributed by atoms with E-state index in [-0.39, 0.29) is 26.4 Å². The summed E-state index contributed by atoms with van der Waals surface area (Å²) in [6, 6.07) is 0. The predicted octanol–water partition coefficient (Wildman–Crippen LogP) is -3.50. The lowest BCUT2D eigenvalue weighted by Crippen LogP contribution is -2.67. The van der Waals surface area contributed by atoms with Crippen LogP contribution in [0.3, 0.4) is 0 Å². The summed E-state index contributed by atoms with van der Waals surface area (Å²) in [7, 11) is -45.4. The first-order valence-electron chi connectivity index (χ1n) is 21.1. The molecule has 0 radical (unpaired) electrons. The second-order valence-corrected chi connectivity index (χ2v) is 25.2. The third-order valence-electron chi connectivity index (χ3n) is 9.43. The van der Waals surface area contributed by atoms with Crippen LogP contribution < -0.4 is 0 Å². The van der Waals surface area contributed by atoms with Crippen molar-refractivity contribution in [3.05, 3.63) is 0 Å². The first-order valence-corrected chi connectivity index (χ1v) is 33.3. The molecule has 2 fully saturated rings. The highest BCUT2D eigenvalue weighted by Crippen LogP contribution is 2.56. The van der Waals surface area contributed by atoms with E-state index in [1.807, 2.05) is 0 Å². The SMILES string of the molecule is COC[C@H](C)OCCO[C@@H]1[C@@H](OP(=O)(O)O)[C@H](OCCO[C@@H](C)COC)[C@@H](OP(=O)(O)O)[C@@H](OCCOCCO[C@H]2[C@@H](OP(=O)(O)O)[C@H](OP(=O)(O)O)[C@@H](OP(=O)(O)O)[C@H](OP(=O)(O)O)[C@H]2OP(=O)(O)O)[C@H]1OP(=O)(O)O. The Hall–Kier alpha value is 0.520. The minimum absolute atomic E-state index is 0.0444. The number of hydrogen-bond donors (Lipinski definition) is 16. The summed E-state index contributed by atoms with van der Waals surface area (Å²) in [5, 5.41) is 0. The highest BCUT2D eigenvalue weighted by Gasteiger charge is 2.62. The summed E-state index contributed by atoms with van der Waals surface area (Å²) in [6.45, 7) is -2.57. The number of ether oxygens (including phenoxy) is 9. The maximum absolute atomic E-state index is 12.5. The zero-order valence-corrected chi connectivity index (χ0v) is 47.2. The van der Waals surface area contributed by atoms with Crippen LogP contribution in [0.5, 0.6) is 0 Å². The smallest absolute Gasteiger partial charge is 0.382 e. The van der Waals surface area contributed by atoms with Gasteiger partial charge < -0.3 is 121 Å². The van der Waals surface area contributed by atoms with Crippen LogP contribution in [0.25, 0.3) is 0 Å². The van der Waals surface area contributed by atoms with Crippen molar-refractivity contribution in [2.75, 3.05) is 80.3 Å². The van der Waals surface area contributed by atoms with Crippen molar-refractivity contribution >= 4 is 62.6 Å². The number of methoxy groups -OCH3 is 2. The number of phosphoric acid groups is 8. The molecule has 77 heavy (non-hydrogen) atoms. The van der Waals surface area contributed by atoms with Crippen LogP contribution in [-0.4, -0.2) is 244 Å². The molecule has 0 aliphatic heterocycles. The number of phosphoric ester groups is 8. The summed E-state index contributed by atoms with van der Waals surface area (Å²) < 4.78 is 184. The van der Waals surface area contributed by atoms with Gasteiger partial charge in [-0.1, -0.05) is 0 Å². The fourth-order valence-electron chi connectivity index (χ4n) is 7.25. The first kappa shape index (κ1) is 73.6. The largest absolute Gasteiger partial charge is 0.470 e. The van der Waals surface area contributed by atoms with Crippen molar-refractivity contribution in [3.8, 4) is 0 Å². The van der Waals surface area contributed by atoms with Crippen molar-refractivity contribution in [2.24, 2.45) is 0 Å². The molecule has 2 aliphatic carbocycles. The molecule has 0 heterocycles. The molecule has 0 spiro atoms. The average Bonchev–Trinajstić information content (AvgIpc) is 3.20. The third-order valence-corrected chi connectivity index (χ3v) is 13.6. The highest BCUT2D eigenvalue weighted by molar-refractivity contribution is 7.48. The molecule has 16 N–H and O–H groups in total. The van der Waals surface area contributed by atoms with Gasteiger partial charge in [0.05, 0.1) is 78.3 Å². The molecule has 2 saturated carbocycles. The van der Waals surface area contributed by atoms with Crippen molar-refractivity contribution in [2.45, 2.75) is 99.3 Å². The lowest BCUT2D eigenvalue weighted by Gasteiger charge is -2.49. The zero-order valence-electron chi connectivity index (χ0n) is 40.1. The Bertz CT molecular complexity index is 2040. The van der Waals surface area contributed by atoms with Gasteiger partial charge in [0.15, 0.2) is 0 Å². The normalized spacial score (nSPS) is 28.4. The van der Waals surface area contributed by atoms with Gasteiger partial charge in [0, 0.05) is 14.2 Å². The maximum Gasteiger partial charge on any atom is 0.470 e. The van der Waals surface area contributed by atoms with Crippen molar-refractivity contribution in [1.29, 1.82) is 0 Å². The lowest BCUT2D eigenvalue weighted by atomic mass is 9.84. The van der Waals surface area contributed by atoms with Crippen LogP contribution in [-0.2, 0) is 115 Å². The molecule has 0 bridgehead atoms. The molecule has 49 heteroatoms. The van der Waals surface area contributed by atoms with Crippen LogP contribution in [0, 0.1) is 0 Å². The van der Waals surface area contributed by atoms with E-state index in [9.17, 15) is 115 Å². The Kier molecular flexibility index (Phi) is 30.2. The van der Waals surface area contributed by atoms with Gasteiger partial charge in [0.2, 0.25) is 0 Å². The summed E-state index contributed by atoms with van der Waals surface area (Å²) in [5.41, 5.74) is 0. The third kappa shape index (κ3) is 30.3. The summed E-state index contributed by atoms with van der Waals surface area (Å²) in [5.74, 6) is 0. The van der Waals surface area contributed by atoms with Crippen LogP contribution >= 0.6 is 62.6 Å². The standard InChI is InChI=1S/C28H62O41P8/c1-15(13-53-3)56-9-11-60-18-21(62-70(29,30)31)17(22(63-71(32,33)34)19(23(18)64-72(35,36)37)61-12-10-57-16(2)14-54-4)58-7-5-55-6-8-59-20-24(65-73(38,39)40)26(67-75(44,45)46)28(69-77(50,51)52)27(68-76(47,48)49)25(20)66-74(41,42)43/h15-28H,5-14H2,1-4H3,(H2,29,30,31)(H2,32,33,34)(H2,35,36,37)(H2,38,39,40)(H2,41,42,43)(H2,44,45,46)(H2,47,48,49)(H2,50,51,52)/t15-,16-,17-,18-,19+,20-,21+,22-,23+,24+,25-,26-,27+,28+/m0/s1. The lowest BCUT2D eigenvalue weighted by molar-refractivity contribution is -0.250. The van der Waals surface area contributed by atoms with Gasteiger partial charge in [-0.25, -0.2) is 36.5 Å². The van der Waals surface area contributed by atoms with Gasteiger partial charge in [-0.3, -0.25) is 36.2 Å². The molecule has 0 amide bonds. The molecule has 2 aliphatic rings. The van der Waals surface area contributed by atoms with Crippen molar-refractivity contribution in [1.82, 2.24) is 0 Å². The fraction of sp³-hybridized carbons (Fsp3) is 1.00. The molecule has 0 aromatic rings. The van der Waals surface area contributed by atoms with Crippen molar-refractivity contribution in [3.63, 3.8) is 0 Å². The van der Waals surface area contributed by atoms with E-state index in [0.29, 0.717) is 0 Å². The van der Waals surface area contributed by atoms with Crippen LogP contribution in [0.4, 0.5) is 0 Å². The fourth-order valence-corrected chi connectivity index (χ4v) is 11.7. The number of rotatable bonds is 38. The second kappa shape index (κ2) is 31.6. The van der Waals surface area contributed by atoms with Crippen LogP contribution in [0.2, 0.25) is 0 Å². The summed E-state index contributed by atoms with van der Waals surface area (Å²) >= 11 is 0. The van der Waals surface area contributed by atoms with Gasteiger partial charge in [-0.2, -0.15) is 0 Å². The molecule has 14 atom stereocenters. The van der Waals surface area contributed by atoms with Crippen LogP contribution in [0.15, 0.2) is 0 Å². The van der Waals surface area contributed by atoms with Gasteiger partial charge >= 0.3 is 62.6 Å². The topological polar surface area (TPSA) is 617 Å². The molecule has 0 aromatic carbocycles. The van der Waals surface area contributed by atoms with Gasteiger partial charge in [0.25, 0.3) is 0 Å². The Morgan fingerprint density at radius 2 is 0.455 bits per heavy atom. The van der Waals surface area contributed by atoms with E-state index >= 15 is 0 Å². The van der Waals surface area contributed by atoms with E-state index in [1.165, 1.54) is 14.2 Å². The molecule has 460 valence electrons. The minimum Gasteiger partial charge on any atom is -0.382 e. The molecule has 0 saturated heterocycles. The Balaban J connectivity index is 2.66. The summed E-state index contributed by atoms with van der Waals surface area (Å²) in [6.07, 6.45) is -33.1. The average molecular weight is 1300 g/mol. The van der Waals surface area contributed by atoms with Gasteiger partial charge in [-0.15, -0.1) is 0 Å². The number of hydrogen-bond acceptors (Lipinski definition) is 25.